The number of hydrogen-bond acceptors (Lipinski definition) is 3. The van der Waals surface area contributed by atoms with Crippen LogP contribution in [0.1, 0.15) is 27.2 Å². The molecule has 0 amide bonds. The topological polar surface area (TPSA) is 38.7 Å². The predicted molar refractivity (Wildman–Crippen MR) is 122 cm³/mol. The molecule has 2 aromatic carbocycles. The van der Waals surface area contributed by atoms with Gasteiger partial charge in [-0.1, -0.05) is 104 Å². The molecule has 3 nitrogen and oxygen atoms in total. The summed E-state index contributed by atoms with van der Waals surface area (Å²) < 4.78 is 13.8. The van der Waals surface area contributed by atoms with Crippen LogP contribution in [-0.4, -0.2) is 42.8 Å². The highest BCUT2D eigenvalue weighted by atomic mass is 127. The van der Waals surface area contributed by atoms with E-state index in [4.69, 9.17) is 9.16 Å². The minimum absolute atomic E-state index is 0.0675. The van der Waals surface area contributed by atoms with E-state index in [2.05, 4.69) is 91.9 Å². The van der Waals surface area contributed by atoms with Gasteiger partial charge in [0, 0.05) is 10.8 Å². The summed E-state index contributed by atoms with van der Waals surface area (Å²) in [6, 6.07) is 21.2. The van der Waals surface area contributed by atoms with E-state index in [0.29, 0.717) is 13.0 Å². The molecule has 1 aliphatic rings. The van der Waals surface area contributed by atoms with E-state index in [1.54, 1.807) is 0 Å². The molecular weight excluding hydrogens is 467 g/mol. The highest BCUT2D eigenvalue weighted by Crippen LogP contribution is 2.37. The first kappa shape index (κ1) is 21.0. The molecule has 5 heteroatoms. The Bertz CT molecular complexity index is 678. The number of rotatable bonds is 6. The average molecular weight is 496 g/mol. The lowest BCUT2D eigenvalue weighted by atomic mass is 10.1. The Labute approximate surface area is 177 Å². The van der Waals surface area contributed by atoms with Crippen molar-refractivity contribution in [3.8, 4) is 0 Å². The van der Waals surface area contributed by atoms with E-state index in [1.807, 2.05) is 12.1 Å². The van der Waals surface area contributed by atoms with Gasteiger partial charge in [0.2, 0.25) is 0 Å². The highest BCUT2D eigenvalue weighted by molar-refractivity contribution is 14.1. The Balaban J connectivity index is 2.00. The third kappa shape index (κ3) is 4.32. The number of aliphatic hydroxyl groups is 1. The molecular formula is C22H29IO3Si. The highest BCUT2D eigenvalue weighted by Gasteiger charge is 2.51. The number of ether oxygens (including phenoxy) is 1. The van der Waals surface area contributed by atoms with Crippen molar-refractivity contribution >= 4 is 41.3 Å². The summed E-state index contributed by atoms with van der Waals surface area (Å²) in [5.74, 6) is 0. The molecule has 0 radical (unpaired) electrons. The maximum atomic E-state index is 10.4. The van der Waals surface area contributed by atoms with Crippen LogP contribution in [0, 0.1) is 0 Å². The van der Waals surface area contributed by atoms with Crippen molar-refractivity contribution in [3.05, 3.63) is 60.7 Å². The van der Waals surface area contributed by atoms with Gasteiger partial charge in [0.05, 0.1) is 18.8 Å². The molecule has 1 saturated heterocycles. The zero-order chi connectivity index (χ0) is 19.5. The van der Waals surface area contributed by atoms with Gasteiger partial charge >= 0.3 is 0 Å². The van der Waals surface area contributed by atoms with E-state index in [0.717, 1.165) is 4.43 Å². The third-order valence-electron chi connectivity index (χ3n) is 5.35. The first-order valence-corrected chi connectivity index (χ1v) is 13.0. The third-order valence-corrected chi connectivity index (χ3v) is 11.3. The molecule has 0 saturated carbocycles. The standard InChI is InChI=1S/C22H29IO3Si/c1-22(2,3)27(18-10-6-4-7-11-18,19-12-8-5-9-13-19)25-16-21-20(24)14-17(15-23)26-21/h4-13,17,20-21,24H,14-16H2,1-3H3/t17-,20+,21+/m0/s1. The van der Waals surface area contributed by atoms with Gasteiger partial charge in [-0.05, 0) is 15.4 Å². The summed E-state index contributed by atoms with van der Waals surface area (Å²) in [6.45, 7) is 7.21. The SMILES string of the molecule is CC(C)(C)[Si](OC[C@H]1O[C@H](CI)C[C@H]1O)(c1ccccc1)c1ccccc1. The molecule has 1 aliphatic heterocycles. The molecule has 0 aliphatic carbocycles. The molecule has 2 aromatic rings. The molecule has 0 unspecified atom stereocenters. The van der Waals surface area contributed by atoms with Crippen LogP contribution < -0.4 is 10.4 Å². The first-order chi connectivity index (χ1) is 12.9. The zero-order valence-corrected chi connectivity index (χ0v) is 19.4. The minimum Gasteiger partial charge on any atom is -0.405 e. The summed E-state index contributed by atoms with van der Waals surface area (Å²) >= 11 is 2.32. The van der Waals surface area contributed by atoms with Crippen LogP contribution in [-0.2, 0) is 9.16 Å². The zero-order valence-electron chi connectivity index (χ0n) is 16.3. The molecule has 0 bridgehead atoms. The summed E-state index contributed by atoms with van der Waals surface area (Å²) in [5, 5.41) is 12.9. The average Bonchev–Trinajstić information content (AvgIpc) is 3.03. The van der Waals surface area contributed by atoms with E-state index >= 15 is 0 Å². The molecule has 1 heterocycles. The molecule has 0 aromatic heterocycles. The summed E-state index contributed by atoms with van der Waals surface area (Å²) in [5.41, 5.74) is 0. The Hall–Kier alpha value is -0.733. The van der Waals surface area contributed by atoms with Crippen LogP contribution in [0.25, 0.3) is 0 Å². The van der Waals surface area contributed by atoms with Crippen molar-refractivity contribution in [2.45, 2.75) is 50.5 Å². The van der Waals surface area contributed by atoms with Crippen LogP contribution in [0.2, 0.25) is 5.04 Å². The van der Waals surface area contributed by atoms with Gasteiger partial charge < -0.3 is 14.3 Å². The van der Waals surface area contributed by atoms with Gasteiger partial charge in [-0.3, -0.25) is 0 Å². The Morgan fingerprint density at radius 1 is 1.04 bits per heavy atom. The largest absolute Gasteiger partial charge is 0.405 e. The van der Waals surface area contributed by atoms with Crippen molar-refractivity contribution < 1.29 is 14.3 Å². The van der Waals surface area contributed by atoms with Gasteiger partial charge in [0.25, 0.3) is 8.32 Å². The maximum Gasteiger partial charge on any atom is 0.261 e. The van der Waals surface area contributed by atoms with E-state index in [-0.39, 0.29) is 17.2 Å². The molecule has 27 heavy (non-hydrogen) atoms. The Kier molecular flexibility index (Phi) is 6.79. The van der Waals surface area contributed by atoms with Crippen molar-refractivity contribution in [1.82, 2.24) is 0 Å². The molecule has 1 fully saturated rings. The minimum atomic E-state index is -2.57. The lowest BCUT2D eigenvalue weighted by Gasteiger charge is -2.43. The van der Waals surface area contributed by atoms with Crippen LogP contribution in [0.4, 0.5) is 0 Å². The molecule has 1 N–H and O–H groups in total. The fourth-order valence-corrected chi connectivity index (χ4v) is 9.17. The van der Waals surface area contributed by atoms with E-state index in [9.17, 15) is 5.11 Å². The summed E-state index contributed by atoms with van der Waals surface area (Å²) in [4.78, 5) is 0. The van der Waals surface area contributed by atoms with E-state index in [1.165, 1.54) is 10.4 Å². The fraction of sp³-hybridized carbons (Fsp3) is 0.455. The van der Waals surface area contributed by atoms with Gasteiger partial charge in [-0.2, -0.15) is 0 Å². The second-order valence-electron chi connectivity index (χ2n) is 8.23. The maximum absolute atomic E-state index is 10.4. The smallest absolute Gasteiger partial charge is 0.261 e. The molecule has 0 spiro atoms. The van der Waals surface area contributed by atoms with Gasteiger partial charge in [-0.15, -0.1) is 0 Å². The summed E-state index contributed by atoms with van der Waals surface area (Å²) in [7, 11) is -2.57. The van der Waals surface area contributed by atoms with Crippen LogP contribution in [0.15, 0.2) is 60.7 Å². The monoisotopic (exact) mass is 496 g/mol. The van der Waals surface area contributed by atoms with E-state index < -0.39 is 14.4 Å². The first-order valence-electron chi connectivity index (χ1n) is 9.53. The van der Waals surface area contributed by atoms with Crippen molar-refractivity contribution in [2.75, 3.05) is 11.0 Å². The lowest BCUT2D eigenvalue weighted by molar-refractivity contribution is -0.0112. The normalized spacial score (nSPS) is 23.5. The Morgan fingerprint density at radius 3 is 1.96 bits per heavy atom. The van der Waals surface area contributed by atoms with Gasteiger partial charge in [0.1, 0.15) is 6.10 Å². The number of hydrogen-bond donors (Lipinski definition) is 1. The van der Waals surface area contributed by atoms with Crippen LogP contribution >= 0.6 is 22.6 Å². The Morgan fingerprint density at radius 2 is 1.56 bits per heavy atom. The molecule has 3 atom stereocenters. The lowest BCUT2D eigenvalue weighted by Crippen LogP contribution is -2.67. The second-order valence-corrected chi connectivity index (χ2v) is 13.4. The van der Waals surface area contributed by atoms with Crippen molar-refractivity contribution in [3.63, 3.8) is 0 Å². The predicted octanol–water partition coefficient (Wildman–Crippen LogP) is 3.52. The molecule has 146 valence electrons. The molecule has 3 rings (SSSR count). The van der Waals surface area contributed by atoms with Crippen LogP contribution in [0.5, 0.6) is 0 Å². The van der Waals surface area contributed by atoms with Crippen molar-refractivity contribution in [1.29, 1.82) is 0 Å². The number of halogens is 1. The second kappa shape index (κ2) is 8.74. The number of aliphatic hydroxyl groups excluding tert-OH is 1. The van der Waals surface area contributed by atoms with Gasteiger partial charge in [0.15, 0.2) is 0 Å². The fourth-order valence-electron chi connectivity index (χ4n) is 4.03. The van der Waals surface area contributed by atoms with Crippen molar-refractivity contribution in [2.24, 2.45) is 0 Å². The number of benzene rings is 2. The summed E-state index contributed by atoms with van der Waals surface area (Å²) in [6.07, 6.45) is 0.0975. The quantitative estimate of drug-likeness (QED) is 0.378. The van der Waals surface area contributed by atoms with Crippen LogP contribution in [0.3, 0.4) is 0 Å². The van der Waals surface area contributed by atoms with Gasteiger partial charge in [-0.25, -0.2) is 0 Å². The number of alkyl halides is 1.